The summed E-state index contributed by atoms with van der Waals surface area (Å²) < 4.78 is 0. The first-order valence-corrected chi connectivity index (χ1v) is 8.30. The normalized spacial score (nSPS) is 17.2. The lowest BCUT2D eigenvalue weighted by molar-refractivity contribution is -0.126. The van der Waals surface area contributed by atoms with Gasteiger partial charge in [-0.3, -0.25) is 9.59 Å². The van der Waals surface area contributed by atoms with E-state index in [0.29, 0.717) is 18.1 Å². The predicted octanol–water partition coefficient (Wildman–Crippen LogP) is 3.32. The second-order valence-corrected chi connectivity index (χ2v) is 6.53. The maximum atomic E-state index is 12.4. The Labute approximate surface area is 146 Å². The van der Waals surface area contributed by atoms with E-state index in [2.05, 4.69) is 5.32 Å². The number of hydrogen-bond donors (Lipinski definition) is 1. The SMILES string of the molecule is Cc1ccc(CNC(=O)[C@@H]2CC(=O)N(c3cccc(Cl)c3)C2)cc1. The van der Waals surface area contributed by atoms with Crippen molar-refractivity contribution in [3.8, 4) is 0 Å². The summed E-state index contributed by atoms with van der Waals surface area (Å²) in [5.74, 6) is -0.469. The van der Waals surface area contributed by atoms with Gasteiger partial charge in [0.05, 0.1) is 5.92 Å². The van der Waals surface area contributed by atoms with E-state index in [1.165, 1.54) is 5.56 Å². The molecule has 0 aliphatic carbocycles. The molecule has 1 aliphatic heterocycles. The molecule has 2 aromatic carbocycles. The minimum Gasteiger partial charge on any atom is -0.352 e. The molecule has 24 heavy (non-hydrogen) atoms. The first-order valence-electron chi connectivity index (χ1n) is 7.92. The van der Waals surface area contributed by atoms with Crippen molar-refractivity contribution < 1.29 is 9.59 Å². The van der Waals surface area contributed by atoms with Crippen LogP contribution in [-0.4, -0.2) is 18.4 Å². The van der Waals surface area contributed by atoms with Crippen molar-refractivity contribution in [2.45, 2.75) is 19.9 Å². The number of aryl methyl sites for hydroxylation is 1. The van der Waals surface area contributed by atoms with Gasteiger partial charge >= 0.3 is 0 Å². The fraction of sp³-hybridized carbons (Fsp3) is 0.263. The highest BCUT2D eigenvalue weighted by Gasteiger charge is 2.35. The fourth-order valence-electron chi connectivity index (χ4n) is 2.82. The summed E-state index contributed by atoms with van der Waals surface area (Å²) in [5, 5.41) is 3.50. The standard InChI is InChI=1S/C19H19ClN2O2/c1-13-5-7-14(8-6-13)11-21-19(24)15-9-18(23)22(12-15)17-4-2-3-16(20)10-17/h2-8,10,15H,9,11-12H2,1H3,(H,21,24)/t15-/m1/s1. The summed E-state index contributed by atoms with van der Waals surface area (Å²) in [4.78, 5) is 26.2. The number of nitrogens with zero attached hydrogens (tertiary/aromatic N) is 1. The summed E-state index contributed by atoms with van der Waals surface area (Å²) in [7, 11) is 0. The average molecular weight is 343 g/mol. The van der Waals surface area contributed by atoms with Crippen molar-refractivity contribution in [2.24, 2.45) is 5.92 Å². The second-order valence-electron chi connectivity index (χ2n) is 6.09. The van der Waals surface area contributed by atoms with Crippen LogP contribution in [0.25, 0.3) is 0 Å². The maximum absolute atomic E-state index is 12.4. The average Bonchev–Trinajstić information content (AvgIpc) is 2.96. The van der Waals surface area contributed by atoms with Gasteiger partial charge in [0.2, 0.25) is 11.8 Å². The van der Waals surface area contributed by atoms with Crippen molar-refractivity contribution in [3.63, 3.8) is 0 Å². The van der Waals surface area contributed by atoms with Gasteiger partial charge in [-0.05, 0) is 30.7 Å². The third-order valence-electron chi connectivity index (χ3n) is 4.20. The molecular weight excluding hydrogens is 324 g/mol. The van der Waals surface area contributed by atoms with Crippen LogP contribution < -0.4 is 10.2 Å². The van der Waals surface area contributed by atoms with Crippen molar-refractivity contribution in [1.29, 1.82) is 0 Å². The molecule has 0 aromatic heterocycles. The molecule has 4 nitrogen and oxygen atoms in total. The molecule has 1 heterocycles. The van der Waals surface area contributed by atoms with E-state index in [9.17, 15) is 9.59 Å². The van der Waals surface area contributed by atoms with Crippen molar-refractivity contribution >= 4 is 29.1 Å². The molecule has 1 saturated heterocycles. The maximum Gasteiger partial charge on any atom is 0.227 e. The number of carbonyl (C=O) groups excluding carboxylic acids is 2. The van der Waals surface area contributed by atoms with Crippen molar-refractivity contribution in [3.05, 3.63) is 64.7 Å². The molecule has 0 spiro atoms. The Morgan fingerprint density at radius 3 is 2.71 bits per heavy atom. The van der Waals surface area contributed by atoms with Crippen LogP contribution in [0.4, 0.5) is 5.69 Å². The van der Waals surface area contributed by atoms with Crippen LogP contribution in [0, 0.1) is 12.8 Å². The van der Waals surface area contributed by atoms with Gasteiger partial charge in [0, 0.05) is 30.2 Å². The molecule has 0 saturated carbocycles. The number of nitrogens with one attached hydrogen (secondary N) is 1. The fourth-order valence-corrected chi connectivity index (χ4v) is 3.00. The molecule has 1 atom stereocenters. The largest absolute Gasteiger partial charge is 0.352 e. The van der Waals surface area contributed by atoms with Crippen LogP contribution in [0.1, 0.15) is 17.5 Å². The smallest absolute Gasteiger partial charge is 0.227 e. The van der Waals surface area contributed by atoms with Crippen LogP contribution in [0.3, 0.4) is 0 Å². The van der Waals surface area contributed by atoms with E-state index < -0.39 is 0 Å². The van der Waals surface area contributed by atoms with Crippen LogP contribution in [0.2, 0.25) is 5.02 Å². The molecule has 2 aromatic rings. The number of halogens is 1. The molecular formula is C19H19ClN2O2. The number of anilines is 1. The van der Waals surface area contributed by atoms with Gasteiger partial charge in [0.25, 0.3) is 0 Å². The second kappa shape index (κ2) is 7.05. The number of amides is 2. The molecule has 5 heteroatoms. The van der Waals surface area contributed by atoms with Gasteiger partial charge in [-0.1, -0.05) is 47.5 Å². The molecule has 2 amide bonds. The Hall–Kier alpha value is -2.33. The molecule has 1 aliphatic rings. The lowest BCUT2D eigenvalue weighted by atomic mass is 10.1. The van der Waals surface area contributed by atoms with Crippen LogP contribution >= 0.6 is 11.6 Å². The van der Waals surface area contributed by atoms with Crippen LogP contribution in [0.15, 0.2) is 48.5 Å². The first-order chi connectivity index (χ1) is 11.5. The molecule has 3 rings (SSSR count). The van der Waals surface area contributed by atoms with E-state index >= 15 is 0 Å². The Bertz CT molecular complexity index is 758. The van der Waals surface area contributed by atoms with Crippen LogP contribution in [-0.2, 0) is 16.1 Å². The quantitative estimate of drug-likeness (QED) is 0.926. The number of benzene rings is 2. The van der Waals surface area contributed by atoms with Crippen molar-refractivity contribution in [2.75, 3.05) is 11.4 Å². The Balaban J connectivity index is 1.60. The first kappa shape index (κ1) is 16.5. The van der Waals surface area contributed by atoms with E-state index in [0.717, 1.165) is 11.3 Å². The summed E-state index contributed by atoms with van der Waals surface area (Å²) in [6, 6.07) is 15.2. The molecule has 0 radical (unpaired) electrons. The van der Waals surface area contributed by atoms with Gasteiger partial charge in [-0.25, -0.2) is 0 Å². The minimum absolute atomic E-state index is 0.0484. The predicted molar refractivity (Wildman–Crippen MR) is 94.9 cm³/mol. The summed E-state index contributed by atoms with van der Waals surface area (Å²) >= 11 is 5.98. The van der Waals surface area contributed by atoms with Gasteiger partial charge in [0.1, 0.15) is 0 Å². The Morgan fingerprint density at radius 1 is 1.25 bits per heavy atom. The zero-order chi connectivity index (χ0) is 17.1. The molecule has 1 fully saturated rings. The summed E-state index contributed by atoms with van der Waals surface area (Å²) in [6.45, 7) is 2.89. The van der Waals surface area contributed by atoms with Gasteiger partial charge in [0.15, 0.2) is 0 Å². The van der Waals surface area contributed by atoms with E-state index in [4.69, 9.17) is 11.6 Å². The summed E-state index contributed by atoms with van der Waals surface area (Å²) in [6.07, 6.45) is 0.228. The lowest BCUT2D eigenvalue weighted by Gasteiger charge is -2.17. The third-order valence-corrected chi connectivity index (χ3v) is 4.44. The lowest BCUT2D eigenvalue weighted by Crippen LogP contribution is -2.32. The van der Waals surface area contributed by atoms with Gasteiger partial charge in [-0.15, -0.1) is 0 Å². The topological polar surface area (TPSA) is 49.4 Å². The van der Waals surface area contributed by atoms with Crippen molar-refractivity contribution in [1.82, 2.24) is 5.32 Å². The summed E-state index contributed by atoms with van der Waals surface area (Å²) in [5.41, 5.74) is 2.97. The van der Waals surface area contributed by atoms with E-state index in [1.54, 1.807) is 23.1 Å². The highest BCUT2D eigenvalue weighted by atomic mass is 35.5. The monoisotopic (exact) mass is 342 g/mol. The number of carbonyl (C=O) groups is 2. The minimum atomic E-state index is -0.332. The van der Waals surface area contributed by atoms with Gasteiger partial charge in [-0.2, -0.15) is 0 Å². The zero-order valence-corrected chi connectivity index (χ0v) is 14.2. The molecule has 124 valence electrons. The Kier molecular flexibility index (Phi) is 4.86. The van der Waals surface area contributed by atoms with Gasteiger partial charge < -0.3 is 10.2 Å². The van der Waals surface area contributed by atoms with Crippen LogP contribution in [0.5, 0.6) is 0 Å². The number of hydrogen-bond acceptors (Lipinski definition) is 2. The van der Waals surface area contributed by atoms with E-state index in [1.807, 2.05) is 37.3 Å². The highest BCUT2D eigenvalue weighted by molar-refractivity contribution is 6.30. The zero-order valence-electron chi connectivity index (χ0n) is 13.5. The van der Waals surface area contributed by atoms with E-state index in [-0.39, 0.29) is 24.2 Å². The number of rotatable bonds is 4. The molecule has 0 bridgehead atoms. The molecule has 1 N–H and O–H groups in total. The molecule has 0 unspecified atom stereocenters. The third kappa shape index (κ3) is 3.77. The highest BCUT2D eigenvalue weighted by Crippen LogP contribution is 2.27. The Morgan fingerprint density at radius 2 is 2.00 bits per heavy atom.